The first-order valence-electron chi connectivity index (χ1n) is 11.3. The number of carbonyl (C=O) groups excluding carboxylic acids is 2. The van der Waals surface area contributed by atoms with Crippen LogP contribution in [0.1, 0.15) is 29.7 Å². The van der Waals surface area contributed by atoms with E-state index in [-0.39, 0.29) is 11.7 Å². The van der Waals surface area contributed by atoms with Gasteiger partial charge >= 0.3 is 6.03 Å². The van der Waals surface area contributed by atoms with Crippen LogP contribution in [0.5, 0.6) is 11.5 Å². The van der Waals surface area contributed by atoms with E-state index in [2.05, 4.69) is 10.6 Å². The molecule has 1 heterocycles. The average Bonchev–Trinajstić information content (AvgIpc) is 2.88. The Morgan fingerprint density at radius 2 is 1.66 bits per heavy atom. The van der Waals surface area contributed by atoms with Crippen molar-refractivity contribution in [2.75, 3.05) is 26.1 Å². The number of rotatable bonds is 6. The number of benzene rings is 3. The van der Waals surface area contributed by atoms with Gasteiger partial charge in [0, 0.05) is 6.54 Å². The summed E-state index contributed by atoms with van der Waals surface area (Å²) in [6, 6.07) is 17.8. The van der Waals surface area contributed by atoms with Gasteiger partial charge in [-0.1, -0.05) is 42.5 Å². The Kier molecular flexibility index (Phi) is 7.19. The number of halogens is 1. The van der Waals surface area contributed by atoms with E-state index in [1.807, 2.05) is 42.5 Å². The third kappa shape index (κ3) is 5.06. The Morgan fingerprint density at radius 1 is 1.00 bits per heavy atom. The number of ether oxygens (including phenoxy) is 2. The van der Waals surface area contributed by atoms with Crippen molar-refractivity contribution in [2.45, 2.75) is 25.4 Å². The predicted molar refractivity (Wildman–Crippen MR) is 131 cm³/mol. The van der Waals surface area contributed by atoms with Crippen molar-refractivity contribution in [3.63, 3.8) is 0 Å². The number of anilines is 1. The molecule has 3 aromatic rings. The Labute approximate surface area is 203 Å². The number of amides is 3. The van der Waals surface area contributed by atoms with Crippen LogP contribution in [0.15, 0.2) is 66.7 Å². The molecule has 35 heavy (non-hydrogen) atoms. The van der Waals surface area contributed by atoms with Crippen molar-refractivity contribution in [3.8, 4) is 11.5 Å². The second kappa shape index (κ2) is 10.5. The highest BCUT2D eigenvalue weighted by atomic mass is 19.1. The smallest absolute Gasteiger partial charge is 0.318 e. The lowest BCUT2D eigenvalue weighted by atomic mass is 9.88. The van der Waals surface area contributed by atoms with Gasteiger partial charge in [0.2, 0.25) is 5.91 Å². The van der Waals surface area contributed by atoms with Crippen LogP contribution in [-0.2, 0) is 11.2 Å². The largest absolute Gasteiger partial charge is 0.493 e. The lowest BCUT2D eigenvalue weighted by Gasteiger charge is -2.38. The fraction of sp³-hybridized carbons (Fsp3) is 0.259. The fourth-order valence-corrected chi connectivity index (χ4v) is 4.30. The summed E-state index contributed by atoms with van der Waals surface area (Å²) in [6.45, 7) is 2.01. The monoisotopic (exact) mass is 477 g/mol. The number of carbonyl (C=O) groups is 2. The van der Waals surface area contributed by atoms with Gasteiger partial charge in [-0.25, -0.2) is 9.18 Å². The number of nitrogens with one attached hydrogen (secondary N) is 2. The molecule has 182 valence electrons. The molecule has 3 aromatic carbocycles. The van der Waals surface area contributed by atoms with E-state index in [1.165, 1.54) is 12.1 Å². The second-order valence-corrected chi connectivity index (χ2v) is 8.30. The molecule has 1 unspecified atom stereocenters. The summed E-state index contributed by atoms with van der Waals surface area (Å²) in [7, 11) is 3.17. The molecule has 2 atom stereocenters. The molecule has 7 nitrogen and oxygen atoms in total. The van der Waals surface area contributed by atoms with Crippen molar-refractivity contribution in [2.24, 2.45) is 0 Å². The molecule has 8 heteroatoms. The first-order chi connectivity index (χ1) is 16.9. The van der Waals surface area contributed by atoms with Crippen LogP contribution in [0.25, 0.3) is 0 Å². The summed E-state index contributed by atoms with van der Waals surface area (Å²) >= 11 is 0. The zero-order valence-corrected chi connectivity index (χ0v) is 19.9. The number of hydrogen-bond acceptors (Lipinski definition) is 4. The molecule has 1 aliphatic rings. The molecule has 2 N–H and O–H groups in total. The molecule has 1 aliphatic heterocycles. The highest BCUT2D eigenvalue weighted by Gasteiger charge is 2.34. The van der Waals surface area contributed by atoms with Gasteiger partial charge in [0.05, 0.1) is 25.9 Å². The van der Waals surface area contributed by atoms with Gasteiger partial charge in [0.1, 0.15) is 11.9 Å². The van der Waals surface area contributed by atoms with Crippen LogP contribution < -0.4 is 20.1 Å². The van der Waals surface area contributed by atoms with Gasteiger partial charge in [0.15, 0.2) is 11.5 Å². The quantitative estimate of drug-likeness (QED) is 0.547. The van der Waals surface area contributed by atoms with Gasteiger partial charge in [-0.2, -0.15) is 0 Å². The lowest BCUT2D eigenvalue weighted by Crippen LogP contribution is -2.51. The summed E-state index contributed by atoms with van der Waals surface area (Å²) in [5.74, 6) is 0.158. The Bertz CT molecular complexity index is 1220. The van der Waals surface area contributed by atoms with E-state index < -0.39 is 23.8 Å². The molecule has 0 spiro atoms. The zero-order chi connectivity index (χ0) is 24.9. The standard InChI is InChI=1S/C27H28FN3O4/c1-17(26(32)30-22-12-8-7-11-21(22)28)29-27(33)31-14-13-19-15-23(34-2)24(35-3)16-20(19)25(31)18-9-5-4-6-10-18/h4-12,15-17,25H,13-14H2,1-3H3,(H,29,33)(H,30,32)/t17-,25?/m0/s1. The van der Waals surface area contributed by atoms with E-state index in [0.29, 0.717) is 24.5 Å². The number of fused-ring (bicyclic) bond motifs is 1. The van der Waals surface area contributed by atoms with Gasteiger partial charge in [-0.15, -0.1) is 0 Å². The molecule has 0 aromatic heterocycles. The third-order valence-corrected chi connectivity index (χ3v) is 6.11. The number of nitrogens with zero attached hydrogens (tertiary/aromatic N) is 1. The van der Waals surface area contributed by atoms with Gasteiger partial charge in [-0.05, 0) is 54.3 Å². The van der Waals surface area contributed by atoms with Crippen molar-refractivity contribution in [1.82, 2.24) is 10.2 Å². The summed E-state index contributed by atoms with van der Waals surface area (Å²) in [6.07, 6.45) is 0.613. The number of para-hydroxylation sites is 1. The zero-order valence-electron chi connectivity index (χ0n) is 19.9. The lowest BCUT2D eigenvalue weighted by molar-refractivity contribution is -0.117. The maximum Gasteiger partial charge on any atom is 0.318 e. The van der Waals surface area contributed by atoms with Gasteiger partial charge < -0.3 is 25.0 Å². The van der Waals surface area contributed by atoms with Crippen molar-refractivity contribution < 1.29 is 23.5 Å². The van der Waals surface area contributed by atoms with Crippen molar-refractivity contribution >= 4 is 17.6 Å². The highest BCUT2D eigenvalue weighted by Crippen LogP contribution is 2.41. The van der Waals surface area contributed by atoms with Crippen molar-refractivity contribution in [1.29, 1.82) is 0 Å². The molecular weight excluding hydrogens is 449 g/mol. The van der Waals surface area contributed by atoms with Crippen LogP contribution in [-0.4, -0.2) is 43.6 Å². The minimum atomic E-state index is -0.884. The topological polar surface area (TPSA) is 79.9 Å². The molecule has 3 amide bonds. The molecule has 0 radical (unpaired) electrons. The summed E-state index contributed by atoms with van der Waals surface area (Å²) in [5, 5.41) is 5.29. The molecule has 0 aliphatic carbocycles. The number of hydrogen-bond donors (Lipinski definition) is 2. The first-order valence-corrected chi connectivity index (χ1v) is 11.3. The SMILES string of the molecule is COc1cc2c(cc1OC)C(c1ccccc1)N(C(=O)N[C@@H](C)C(=O)Nc1ccccc1F)CC2. The van der Waals surface area contributed by atoms with Crippen LogP contribution in [0.2, 0.25) is 0 Å². The fourth-order valence-electron chi connectivity index (χ4n) is 4.30. The average molecular weight is 478 g/mol. The Morgan fingerprint density at radius 3 is 2.34 bits per heavy atom. The van der Waals surface area contributed by atoms with Gasteiger partial charge in [-0.3, -0.25) is 4.79 Å². The van der Waals surface area contributed by atoms with Crippen LogP contribution >= 0.6 is 0 Å². The van der Waals surface area contributed by atoms with E-state index in [9.17, 15) is 14.0 Å². The summed E-state index contributed by atoms with van der Waals surface area (Å²) in [5.41, 5.74) is 2.98. The minimum absolute atomic E-state index is 0.0636. The molecule has 0 saturated heterocycles. The molecular formula is C27H28FN3O4. The van der Waals surface area contributed by atoms with Crippen LogP contribution in [0, 0.1) is 5.82 Å². The third-order valence-electron chi connectivity index (χ3n) is 6.11. The van der Waals surface area contributed by atoms with E-state index in [0.717, 1.165) is 16.7 Å². The second-order valence-electron chi connectivity index (χ2n) is 8.30. The highest BCUT2D eigenvalue weighted by molar-refractivity contribution is 5.96. The Hall–Kier alpha value is -4.07. The normalized spacial score (nSPS) is 15.5. The molecule has 0 fully saturated rings. The first kappa shape index (κ1) is 24.1. The van der Waals surface area contributed by atoms with Gasteiger partial charge in [0.25, 0.3) is 0 Å². The van der Waals surface area contributed by atoms with Crippen molar-refractivity contribution in [3.05, 3.63) is 89.2 Å². The Balaban J connectivity index is 1.60. The van der Waals surface area contributed by atoms with Crippen LogP contribution in [0.3, 0.4) is 0 Å². The summed E-state index contributed by atoms with van der Waals surface area (Å²) < 4.78 is 24.9. The molecule has 0 saturated carbocycles. The maximum absolute atomic E-state index is 13.9. The predicted octanol–water partition coefficient (Wildman–Crippen LogP) is 4.53. The number of methoxy groups -OCH3 is 2. The van der Waals surface area contributed by atoms with Crippen LogP contribution in [0.4, 0.5) is 14.9 Å². The van der Waals surface area contributed by atoms with E-state index >= 15 is 0 Å². The maximum atomic E-state index is 13.9. The van der Waals surface area contributed by atoms with E-state index in [4.69, 9.17) is 9.47 Å². The minimum Gasteiger partial charge on any atom is -0.493 e. The molecule has 4 rings (SSSR count). The number of urea groups is 1. The molecule has 0 bridgehead atoms. The van der Waals surface area contributed by atoms with E-state index in [1.54, 1.807) is 38.2 Å². The summed E-state index contributed by atoms with van der Waals surface area (Å²) in [4.78, 5) is 27.8.